The highest BCUT2D eigenvalue weighted by atomic mass is 15.4. The quantitative estimate of drug-likeness (QED) is 0.202. The molecule has 222 valence electrons. The number of nitrogens with zero attached hydrogens (tertiary/aromatic N) is 6. The van der Waals surface area contributed by atoms with Crippen molar-refractivity contribution in [1.82, 2.24) is 30.0 Å². The van der Waals surface area contributed by atoms with Gasteiger partial charge in [0.1, 0.15) is 11.4 Å². The molecule has 6 heteroatoms. The first kappa shape index (κ1) is 30.5. The number of rotatable bonds is 4. The molecule has 0 bridgehead atoms. The van der Waals surface area contributed by atoms with E-state index in [4.69, 9.17) is 12.8 Å². The lowest BCUT2D eigenvalue weighted by atomic mass is 9.85. The van der Waals surface area contributed by atoms with E-state index < -0.39 is 0 Å². The van der Waals surface area contributed by atoms with Crippen LogP contribution in [-0.2, 0) is 16.2 Å². The van der Waals surface area contributed by atoms with Crippen LogP contribution in [0, 0.1) is 24.7 Å². The fourth-order valence-corrected chi connectivity index (χ4v) is 4.92. The van der Waals surface area contributed by atoms with E-state index in [1.165, 1.54) is 0 Å². The molecule has 2 aromatic heterocycles. The minimum absolute atomic E-state index is 0.0549. The van der Waals surface area contributed by atoms with Gasteiger partial charge in [0, 0.05) is 22.3 Å². The monoisotopic (exact) mass is 580 g/mol. The van der Waals surface area contributed by atoms with E-state index >= 15 is 0 Å². The summed E-state index contributed by atoms with van der Waals surface area (Å²) in [5, 5.41) is 18.1. The highest BCUT2D eigenvalue weighted by Crippen LogP contribution is 2.32. The molecule has 0 unspecified atom stereocenters. The number of benzene rings is 3. The SMILES string of the molecule is C#Cc1cc(-c2cn(-c3cc(-n4cc(-c5cc(C#C)cc(C(C)(C)C)c5)nn4)cc(C(C)(C)C)c3)nn2)cc(C(C)(C)C)c1. The summed E-state index contributed by atoms with van der Waals surface area (Å²) in [6.07, 6.45) is 15.5. The van der Waals surface area contributed by atoms with E-state index in [9.17, 15) is 0 Å². The van der Waals surface area contributed by atoms with Gasteiger partial charge in [0.25, 0.3) is 0 Å². The molecule has 0 amide bonds. The molecule has 6 nitrogen and oxygen atoms in total. The fraction of sp³-hybridized carbons (Fsp3) is 0.316. The minimum Gasteiger partial charge on any atom is -0.220 e. The first-order valence-electron chi connectivity index (χ1n) is 14.8. The Bertz CT molecular complexity index is 1800. The highest BCUT2D eigenvalue weighted by Gasteiger charge is 2.21. The van der Waals surface area contributed by atoms with Crippen molar-refractivity contribution in [3.63, 3.8) is 0 Å². The van der Waals surface area contributed by atoms with Crippen LogP contribution in [0.1, 0.15) is 90.1 Å². The van der Waals surface area contributed by atoms with Crippen LogP contribution < -0.4 is 0 Å². The van der Waals surface area contributed by atoms with Gasteiger partial charge in [-0.15, -0.1) is 23.0 Å². The van der Waals surface area contributed by atoms with Crippen molar-refractivity contribution in [2.75, 3.05) is 0 Å². The zero-order chi connectivity index (χ0) is 32.0. The Morgan fingerprint density at radius 3 is 1.20 bits per heavy atom. The zero-order valence-corrected chi connectivity index (χ0v) is 27.2. The predicted octanol–water partition coefficient (Wildman–Crippen LogP) is 8.04. The maximum atomic E-state index is 5.80. The van der Waals surface area contributed by atoms with Crippen LogP contribution in [0.15, 0.2) is 67.0 Å². The van der Waals surface area contributed by atoms with E-state index in [0.717, 1.165) is 61.7 Å². The number of aromatic nitrogens is 6. The minimum atomic E-state index is -0.122. The Kier molecular flexibility index (Phi) is 7.60. The van der Waals surface area contributed by atoms with Crippen molar-refractivity contribution in [2.24, 2.45) is 0 Å². The van der Waals surface area contributed by atoms with Crippen molar-refractivity contribution >= 4 is 0 Å². The summed E-state index contributed by atoms with van der Waals surface area (Å²) in [6, 6.07) is 18.7. The first-order chi connectivity index (χ1) is 20.5. The van der Waals surface area contributed by atoms with Gasteiger partial charge in [-0.1, -0.05) is 84.6 Å². The van der Waals surface area contributed by atoms with Crippen LogP contribution in [0.4, 0.5) is 0 Å². The normalized spacial score (nSPS) is 12.2. The summed E-state index contributed by atoms with van der Waals surface area (Å²) in [5.74, 6) is 5.58. The van der Waals surface area contributed by atoms with Crippen LogP contribution >= 0.6 is 0 Å². The summed E-state index contributed by atoms with van der Waals surface area (Å²) >= 11 is 0. The lowest BCUT2D eigenvalue weighted by Gasteiger charge is -2.21. The Hall–Kier alpha value is -4.94. The summed E-state index contributed by atoms with van der Waals surface area (Å²) in [6.45, 7) is 19.6. The van der Waals surface area contributed by atoms with Crippen molar-refractivity contribution in [1.29, 1.82) is 0 Å². The predicted molar refractivity (Wildman–Crippen MR) is 179 cm³/mol. The summed E-state index contributed by atoms with van der Waals surface area (Å²) in [5.41, 5.74) is 9.97. The molecule has 0 aliphatic heterocycles. The van der Waals surface area contributed by atoms with Gasteiger partial charge >= 0.3 is 0 Å². The van der Waals surface area contributed by atoms with Gasteiger partial charge in [-0.3, -0.25) is 0 Å². The van der Waals surface area contributed by atoms with Gasteiger partial charge in [0.15, 0.2) is 0 Å². The standard InChI is InChI=1S/C38H40N6/c1-12-25-14-27(18-29(16-25)36(3,4)5)34-23-43(41-39-34)32-20-31(38(9,10)11)21-33(22-32)44-24-35(40-42-44)28-15-26(13-2)17-30(19-28)37(6,7)8/h1-2,14-24H,3-11H3. The Balaban J connectivity index is 1.58. The van der Waals surface area contributed by atoms with Gasteiger partial charge in [0.05, 0.1) is 23.8 Å². The summed E-state index contributed by atoms with van der Waals surface area (Å²) in [4.78, 5) is 0. The zero-order valence-electron chi connectivity index (χ0n) is 27.2. The van der Waals surface area contributed by atoms with Crippen molar-refractivity contribution in [3.8, 4) is 58.6 Å². The second-order valence-corrected chi connectivity index (χ2v) is 14.5. The number of hydrogen-bond donors (Lipinski definition) is 0. The molecule has 5 rings (SSSR count). The van der Waals surface area contributed by atoms with Gasteiger partial charge in [-0.25, -0.2) is 9.36 Å². The molecule has 0 aliphatic rings. The Morgan fingerprint density at radius 1 is 0.500 bits per heavy atom. The molecule has 0 fully saturated rings. The molecule has 2 heterocycles. The van der Waals surface area contributed by atoms with Crippen LogP contribution in [0.5, 0.6) is 0 Å². The van der Waals surface area contributed by atoms with Crippen LogP contribution in [0.25, 0.3) is 33.9 Å². The van der Waals surface area contributed by atoms with Crippen LogP contribution in [0.2, 0.25) is 0 Å². The molecule has 0 saturated heterocycles. The smallest absolute Gasteiger partial charge is 0.113 e. The van der Waals surface area contributed by atoms with Gasteiger partial charge < -0.3 is 0 Å². The molecule has 0 saturated carbocycles. The largest absolute Gasteiger partial charge is 0.220 e. The molecule has 0 spiro atoms. The third kappa shape index (κ3) is 6.36. The van der Waals surface area contributed by atoms with Gasteiger partial charge in [-0.05, 0) is 87.5 Å². The second-order valence-electron chi connectivity index (χ2n) is 14.5. The van der Waals surface area contributed by atoms with Crippen molar-refractivity contribution in [3.05, 3.63) is 94.8 Å². The van der Waals surface area contributed by atoms with Gasteiger partial charge in [-0.2, -0.15) is 0 Å². The van der Waals surface area contributed by atoms with E-state index in [1.807, 2.05) is 30.6 Å². The highest BCUT2D eigenvalue weighted by molar-refractivity contribution is 5.65. The third-order valence-electron chi connectivity index (χ3n) is 7.81. The first-order valence-corrected chi connectivity index (χ1v) is 14.8. The van der Waals surface area contributed by atoms with E-state index in [-0.39, 0.29) is 16.2 Å². The molecule has 5 aromatic rings. The lowest BCUT2D eigenvalue weighted by Crippen LogP contribution is -2.13. The van der Waals surface area contributed by atoms with Crippen molar-refractivity contribution < 1.29 is 0 Å². The Labute approximate surface area is 261 Å². The van der Waals surface area contributed by atoms with Crippen LogP contribution in [0.3, 0.4) is 0 Å². The summed E-state index contributed by atoms with van der Waals surface area (Å²) < 4.78 is 3.61. The van der Waals surface area contributed by atoms with E-state index in [0.29, 0.717) is 0 Å². The maximum absolute atomic E-state index is 5.80. The molecular formula is C38H40N6. The third-order valence-corrected chi connectivity index (χ3v) is 7.81. The topological polar surface area (TPSA) is 61.4 Å². The number of hydrogen-bond acceptors (Lipinski definition) is 4. The molecule has 0 radical (unpaired) electrons. The molecule has 44 heavy (non-hydrogen) atoms. The number of terminal acetylenes is 2. The molecule has 0 aliphatic carbocycles. The maximum Gasteiger partial charge on any atom is 0.113 e. The average Bonchev–Trinajstić information content (AvgIpc) is 3.66. The Morgan fingerprint density at radius 2 is 0.864 bits per heavy atom. The molecule has 0 N–H and O–H groups in total. The van der Waals surface area contributed by atoms with Gasteiger partial charge in [0.2, 0.25) is 0 Å². The fourth-order valence-electron chi connectivity index (χ4n) is 4.92. The molecule has 3 aromatic carbocycles. The average molecular weight is 581 g/mol. The van der Waals surface area contributed by atoms with Crippen LogP contribution in [-0.4, -0.2) is 30.0 Å². The lowest BCUT2D eigenvalue weighted by molar-refractivity contribution is 0.588. The second kappa shape index (κ2) is 11.0. The summed E-state index contributed by atoms with van der Waals surface area (Å²) in [7, 11) is 0. The van der Waals surface area contributed by atoms with E-state index in [1.54, 1.807) is 9.36 Å². The van der Waals surface area contributed by atoms with E-state index in [2.05, 4.69) is 131 Å². The van der Waals surface area contributed by atoms with Crippen molar-refractivity contribution in [2.45, 2.75) is 78.6 Å². The molecular weight excluding hydrogens is 540 g/mol. The molecule has 0 atom stereocenters.